The summed E-state index contributed by atoms with van der Waals surface area (Å²) < 4.78 is 0. The summed E-state index contributed by atoms with van der Waals surface area (Å²) in [7, 11) is 0. The lowest BCUT2D eigenvalue weighted by Crippen LogP contribution is -2.54. The quantitative estimate of drug-likeness (QED) is 0.748. The van der Waals surface area contributed by atoms with Crippen LogP contribution in [0.2, 0.25) is 0 Å². The van der Waals surface area contributed by atoms with E-state index in [1.807, 2.05) is 6.08 Å². The Morgan fingerprint density at radius 3 is 2.77 bits per heavy atom. The zero-order valence-electron chi connectivity index (χ0n) is 13.5. The van der Waals surface area contributed by atoms with E-state index in [1.54, 1.807) is 0 Å². The number of hydrogen-bond donors (Lipinski definition) is 1. The van der Waals surface area contributed by atoms with Crippen molar-refractivity contribution < 1.29 is 14.7 Å². The zero-order chi connectivity index (χ0) is 15.6. The largest absolute Gasteiger partial charge is 0.393 e. The van der Waals surface area contributed by atoms with Gasteiger partial charge in [0.05, 0.1) is 6.10 Å². The van der Waals surface area contributed by atoms with E-state index in [2.05, 4.69) is 13.8 Å². The molecule has 0 amide bonds. The van der Waals surface area contributed by atoms with Crippen molar-refractivity contribution in [1.29, 1.82) is 0 Å². The van der Waals surface area contributed by atoms with Crippen LogP contribution in [-0.2, 0) is 9.59 Å². The van der Waals surface area contributed by atoms with Crippen LogP contribution in [-0.4, -0.2) is 22.8 Å². The molecular weight excluding hydrogens is 276 g/mol. The summed E-state index contributed by atoms with van der Waals surface area (Å²) in [6, 6.07) is 0. The van der Waals surface area contributed by atoms with Crippen molar-refractivity contribution >= 4 is 11.6 Å². The molecule has 4 rings (SSSR count). The van der Waals surface area contributed by atoms with Crippen molar-refractivity contribution in [1.82, 2.24) is 0 Å². The second kappa shape index (κ2) is 4.77. The highest BCUT2D eigenvalue weighted by Gasteiger charge is 2.59. The molecule has 4 aliphatic rings. The van der Waals surface area contributed by atoms with Crippen LogP contribution in [0.4, 0.5) is 0 Å². The molecule has 0 radical (unpaired) electrons. The summed E-state index contributed by atoms with van der Waals surface area (Å²) in [5, 5.41) is 10.9. The lowest BCUT2D eigenvalue weighted by molar-refractivity contribution is -0.141. The van der Waals surface area contributed by atoms with Gasteiger partial charge in [0.2, 0.25) is 0 Å². The van der Waals surface area contributed by atoms with E-state index in [0.717, 1.165) is 19.3 Å². The minimum Gasteiger partial charge on any atom is -0.393 e. The van der Waals surface area contributed by atoms with E-state index in [9.17, 15) is 14.7 Å². The smallest absolute Gasteiger partial charge is 0.155 e. The fourth-order valence-corrected chi connectivity index (χ4v) is 6.36. The molecular formula is C19H26O3. The normalized spacial score (nSPS) is 51.0. The summed E-state index contributed by atoms with van der Waals surface area (Å²) in [5.41, 5.74) is 0.982. The van der Waals surface area contributed by atoms with Gasteiger partial charge in [-0.25, -0.2) is 0 Å². The molecule has 120 valence electrons. The fraction of sp³-hybridized carbons (Fsp3) is 0.789. The Morgan fingerprint density at radius 1 is 1.23 bits per heavy atom. The van der Waals surface area contributed by atoms with Crippen LogP contribution in [0.3, 0.4) is 0 Å². The van der Waals surface area contributed by atoms with Crippen LogP contribution in [0.5, 0.6) is 0 Å². The van der Waals surface area contributed by atoms with Gasteiger partial charge < -0.3 is 5.11 Å². The Morgan fingerprint density at radius 2 is 2.00 bits per heavy atom. The third kappa shape index (κ3) is 1.84. The maximum Gasteiger partial charge on any atom is 0.155 e. The minimum absolute atomic E-state index is 0.253. The molecule has 3 fully saturated rings. The first kappa shape index (κ1) is 14.6. The van der Waals surface area contributed by atoms with Crippen LogP contribution in [0, 0.1) is 35.0 Å². The van der Waals surface area contributed by atoms with Gasteiger partial charge >= 0.3 is 0 Å². The molecule has 3 nitrogen and oxygen atoms in total. The summed E-state index contributed by atoms with van der Waals surface area (Å²) in [6.07, 6.45) is 6.35. The molecule has 0 unspecified atom stereocenters. The van der Waals surface area contributed by atoms with Gasteiger partial charge in [-0.15, -0.1) is 0 Å². The lowest BCUT2D eigenvalue weighted by Gasteiger charge is -2.55. The van der Waals surface area contributed by atoms with Crippen molar-refractivity contribution in [2.75, 3.05) is 0 Å². The van der Waals surface area contributed by atoms with Crippen LogP contribution in [0.15, 0.2) is 11.6 Å². The molecule has 0 aromatic rings. The minimum atomic E-state index is -0.387. The van der Waals surface area contributed by atoms with Crippen LogP contribution in [0.1, 0.15) is 52.4 Å². The predicted molar refractivity (Wildman–Crippen MR) is 83.0 cm³/mol. The number of ketones is 2. The number of hydrogen-bond acceptors (Lipinski definition) is 3. The van der Waals surface area contributed by atoms with E-state index in [1.165, 1.54) is 5.57 Å². The Labute approximate surface area is 132 Å². The van der Waals surface area contributed by atoms with E-state index in [0.29, 0.717) is 48.7 Å². The van der Waals surface area contributed by atoms with Gasteiger partial charge in [0.1, 0.15) is 5.78 Å². The van der Waals surface area contributed by atoms with Crippen LogP contribution >= 0.6 is 0 Å². The van der Waals surface area contributed by atoms with Gasteiger partial charge in [-0.3, -0.25) is 9.59 Å². The zero-order valence-corrected chi connectivity index (χ0v) is 13.5. The molecule has 3 saturated carbocycles. The van der Waals surface area contributed by atoms with Gasteiger partial charge in [0.15, 0.2) is 5.78 Å². The highest BCUT2D eigenvalue weighted by molar-refractivity contribution is 5.91. The molecule has 0 aliphatic heterocycles. The topological polar surface area (TPSA) is 54.4 Å². The van der Waals surface area contributed by atoms with Gasteiger partial charge in [0, 0.05) is 18.3 Å². The third-order valence-electron chi connectivity index (χ3n) is 7.34. The summed E-state index contributed by atoms with van der Waals surface area (Å²) in [4.78, 5) is 24.2. The number of allylic oxidation sites excluding steroid dienone is 1. The number of carbonyl (C=O) groups excluding carboxylic acids is 2. The van der Waals surface area contributed by atoms with E-state index < -0.39 is 0 Å². The standard InChI is InChI=1S/C19H26O3/c1-10-7-14-15-5-6-17(22)19(15,2)9-16(21)18(14)12-4-3-11(20)8-13(10)12/h8,10,12,14-16,18,21H,3-7,9H2,1-2H3/t10-,12-,14-,15-,16-,18+,19-/m0/s1. The fourth-order valence-electron chi connectivity index (χ4n) is 6.36. The molecule has 1 N–H and O–H groups in total. The molecule has 0 saturated heterocycles. The number of Topliss-reactive ketones (excluding diaryl/α,β-unsaturated/α-hetero) is 1. The molecule has 7 atom stereocenters. The molecule has 0 aromatic carbocycles. The SMILES string of the molecule is C[C@H]1C[C@@H]2[C@H]([C@@H](O)C[C@]3(C)C(=O)CC[C@@H]23)[C@H]2CCC(=O)C=C12. The summed E-state index contributed by atoms with van der Waals surface area (Å²) >= 11 is 0. The van der Waals surface area contributed by atoms with Gasteiger partial charge in [-0.05, 0) is 61.3 Å². The highest BCUT2D eigenvalue weighted by Crippen LogP contribution is 2.61. The Balaban J connectivity index is 1.73. The first-order chi connectivity index (χ1) is 10.4. The lowest BCUT2D eigenvalue weighted by atomic mass is 9.50. The number of fused-ring (bicyclic) bond motifs is 5. The maximum atomic E-state index is 12.4. The number of aliphatic hydroxyl groups is 1. The highest BCUT2D eigenvalue weighted by atomic mass is 16.3. The van der Waals surface area contributed by atoms with Crippen LogP contribution < -0.4 is 0 Å². The molecule has 0 spiro atoms. The number of carbonyl (C=O) groups is 2. The average molecular weight is 302 g/mol. The first-order valence-electron chi connectivity index (χ1n) is 8.87. The second-order valence-corrected chi connectivity index (χ2v) is 8.39. The molecule has 3 heteroatoms. The summed E-state index contributed by atoms with van der Waals surface area (Å²) in [6.45, 7) is 4.32. The Hall–Kier alpha value is -0.960. The molecule has 0 heterocycles. The maximum absolute atomic E-state index is 12.4. The van der Waals surface area contributed by atoms with E-state index in [-0.39, 0.29) is 23.2 Å². The monoisotopic (exact) mass is 302 g/mol. The Kier molecular flexibility index (Phi) is 3.17. The van der Waals surface area contributed by atoms with Gasteiger partial charge in [0.25, 0.3) is 0 Å². The molecule has 0 aromatic heterocycles. The first-order valence-corrected chi connectivity index (χ1v) is 8.87. The van der Waals surface area contributed by atoms with Crippen LogP contribution in [0.25, 0.3) is 0 Å². The average Bonchev–Trinajstić information content (AvgIpc) is 2.75. The van der Waals surface area contributed by atoms with Gasteiger partial charge in [-0.2, -0.15) is 0 Å². The number of rotatable bonds is 0. The van der Waals surface area contributed by atoms with Gasteiger partial charge in [-0.1, -0.05) is 19.4 Å². The van der Waals surface area contributed by atoms with Crippen molar-refractivity contribution in [2.24, 2.45) is 35.0 Å². The van der Waals surface area contributed by atoms with E-state index >= 15 is 0 Å². The van der Waals surface area contributed by atoms with Crippen molar-refractivity contribution in [3.05, 3.63) is 11.6 Å². The van der Waals surface area contributed by atoms with Crippen molar-refractivity contribution in [2.45, 2.75) is 58.5 Å². The molecule has 22 heavy (non-hydrogen) atoms. The van der Waals surface area contributed by atoms with E-state index in [4.69, 9.17) is 0 Å². The number of aliphatic hydroxyl groups excluding tert-OH is 1. The second-order valence-electron chi connectivity index (χ2n) is 8.39. The Bertz CT molecular complexity index is 563. The van der Waals surface area contributed by atoms with Crippen molar-refractivity contribution in [3.63, 3.8) is 0 Å². The predicted octanol–water partition coefficient (Wildman–Crippen LogP) is 2.91. The molecule has 0 bridgehead atoms. The molecule has 4 aliphatic carbocycles. The van der Waals surface area contributed by atoms with Crippen molar-refractivity contribution in [3.8, 4) is 0 Å². The third-order valence-corrected chi connectivity index (χ3v) is 7.34. The summed E-state index contributed by atoms with van der Waals surface area (Å²) in [5.74, 6) is 2.55.